The maximum absolute atomic E-state index is 12.8. The Morgan fingerprint density at radius 1 is 1.06 bits per heavy atom. The van der Waals surface area contributed by atoms with Gasteiger partial charge in [0.15, 0.2) is 0 Å². The van der Waals surface area contributed by atoms with Crippen molar-refractivity contribution in [3.05, 3.63) is 65.2 Å². The monoisotopic (exact) mass is 454 g/mol. The maximum Gasteiger partial charge on any atom is 0.534 e. The lowest BCUT2D eigenvalue weighted by Crippen LogP contribution is -2.27. The Hall–Kier alpha value is -2.81. The van der Waals surface area contributed by atoms with E-state index in [9.17, 15) is 26.4 Å². The van der Waals surface area contributed by atoms with Crippen molar-refractivity contribution in [2.24, 2.45) is 0 Å². The summed E-state index contributed by atoms with van der Waals surface area (Å²) in [5.41, 5.74) is -3.31. The Morgan fingerprint density at radius 2 is 1.68 bits per heavy atom. The van der Waals surface area contributed by atoms with Crippen LogP contribution < -0.4 is 0 Å². The van der Waals surface area contributed by atoms with Crippen LogP contribution in [-0.2, 0) is 24.5 Å². The summed E-state index contributed by atoms with van der Waals surface area (Å²) in [6.45, 7) is 5.76. The minimum atomic E-state index is -5.80. The molecule has 0 saturated heterocycles. The van der Waals surface area contributed by atoms with Crippen LogP contribution in [0.15, 0.2) is 48.5 Å². The Bertz CT molecular complexity index is 1130. The molecule has 0 fully saturated rings. The van der Waals surface area contributed by atoms with Gasteiger partial charge in [0.1, 0.15) is 5.76 Å². The van der Waals surface area contributed by atoms with Gasteiger partial charge in [-0.1, -0.05) is 38.1 Å². The zero-order valence-electron chi connectivity index (χ0n) is 17.1. The number of hydrogen-bond acceptors (Lipinski definition) is 5. The van der Waals surface area contributed by atoms with E-state index in [1.807, 2.05) is 13.8 Å². The molecular weight excluding hydrogens is 433 g/mol. The SMILES string of the molecule is CCOC(=O)c1ccc(-c2ccc3c(c2)C(OS(=O)(=O)C(F)(F)F)=CCC3(C)C)cc1. The molecule has 0 aromatic heterocycles. The molecule has 0 N–H and O–H groups in total. The molecule has 0 bridgehead atoms. The van der Waals surface area contributed by atoms with Crippen LogP contribution in [0.5, 0.6) is 0 Å². The third-order valence-corrected chi connectivity index (χ3v) is 5.99. The summed E-state index contributed by atoms with van der Waals surface area (Å²) in [6.07, 6.45) is 1.68. The first-order valence-corrected chi connectivity index (χ1v) is 10.9. The molecule has 1 aliphatic rings. The molecule has 0 atom stereocenters. The number of esters is 1. The van der Waals surface area contributed by atoms with Gasteiger partial charge in [-0.15, -0.1) is 0 Å². The average Bonchev–Trinajstić information content (AvgIpc) is 2.69. The molecule has 0 heterocycles. The topological polar surface area (TPSA) is 69.7 Å². The van der Waals surface area contributed by atoms with E-state index in [2.05, 4.69) is 4.18 Å². The predicted octanol–water partition coefficient (Wildman–Crippen LogP) is 5.42. The number of carbonyl (C=O) groups is 1. The number of carbonyl (C=O) groups excluding carboxylic acids is 1. The Labute approximate surface area is 178 Å². The standard InChI is InChI=1S/C22H21F3O5S/c1-4-29-20(26)15-7-5-14(6-8-15)16-9-10-18-17(13-16)19(11-12-21(18,2)3)30-31(27,28)22(23,24)25/h5-11,13H,4,12H2,1-3H3. The first-order valence-electron chi connectivity index (χ1n) is 9.49. The first-order chi connectivity index (χ1) is 14.4. The molecule has 0 aliphatic heterocycles. The van der Waals surface area contributed by atoms with Gasteiger partial charge in [0.05, 0.1) is 12.2 Å². The fourth-order valence-electron chi connectivity index (χ4n) is 3.34. The molecule has 0 saturated carbocycles. The Kier molecular flexibility index (Phi) is 5.92. The van der Waals surface area contributed by atoms with Crippen LogP contribution in [0.4, 0.5) is 13.2 Å². The van der Waals surface area contributed by atoms with Crippen LogP contribution in [-0.4, -0.2) is 26.5 Å². The highest BCUT2D eigenvalue weighted by Gasteiger charge is 2.49. The summed E-state index contributed by atoms with van der Waals surface area (Å²) < 4.78 is 71.1. The van der Waals surface area contributed by atoms with Gasteiger partial charge >= 0.3 is 21.6 Å². The van der Waals surface area contributed by atoms with Crippen molar-refractivity contribution >= 4 is 21.8 Å². The Balaban J connectivity index is 2.01. The third kappa shape index (κ3) is 4.61. The van der Waals surface area contributed by atoms with Crippen molar-refractivity contribution in [2.45, 2.75) is 38.1 Å². The van der Waals surface area contributed by atoms with Gasteiger partial charge in [0, 0.05) is 5.56 Å². The number of rotatable bonds is 5. The van der Waals surface area contributed by atoms with Gasteiger partial charge in [-0.05, 0) is 59.7 Å². The number of ether oxygens (including phenoxy) is 1. The number of halogens is 3. The minimum absolute atomic E-state index is 0.247. The molecule has 3 rings (SSSR count). The molecule has 5 nitrogen and oxygen atoms in total. The van der Waals surface area contributed by atoms with Crippen LogP contribution in [0, 0.1) is 0 Å². The average molecular weight is 454 g/mol. The van der Waals surface area contributed by atoms with E-state index < -0.39 is 27.0 Å². The molecule has 31 heavy (non-hydrogen) atoms. The van der Waals surface area contributed by atoms with Crippen LogP contribution >= 0.6 is 0 Å². The number of hydrogen-bond donors (Lipinski definition) is 0. The van der Waals surface area contributed by atoms with Crippen LogP contribution in [0.3, 0.4) is 0 Å². The van der Waals surface area contributed by atoms with E-state index in [4.69, 9.17) is 4.74 Å². The summed E-state index contributed by atoms with van der Waals surface area (Å²) >= 11 is 0. The smallest absolute Gasteiger partial charge is 0.462 e. The van der Waals surface area contributed by atoms with Crippen molar-refractivity contribution in [1.82, 2.24) is 0 Å². The highest BCUT2D eigenvalue weighted by molar-refractivity contribution is 7.87. The fraction of sp³-hybridized carbons (Fsp3) is 0.318. The lowest BCUT2D eigenvalue weighted by molar-refractivity contribution is -0.0509. The second kappa shape index (κ2) is 8.03. The third-order valence-electron chi connectivity index (χ3n) is 5.02. The first kappa shape index (κ1) is 22.9. The van der Waals surface area contributed by atoms with Crippen LogP contribution in [0.1, 0.15) is 48.7 Å². The van der Waals surface area contributed by atoms with Crippen molar-refractivity contribution in [3.8, 4) is 11.1 Å². The van der Waals surface area contributed by atoms with Gasteiger partial charge in [-0.25, -0.2) is 4.79 Å². The molecule has 166 valence electrons. The summed E-state index contributed by atoms with van der Waals surface area (Å²) in [5.74, 6) is -0.811. The van der Waals surface area contributed by atoms with E-state index in [1.54, 1.807) is 49.4 Å². The normalized spacial score (nSPS) is 15.6. The number of fused-ring (bicyclic) bond motifs is 1. The van der Waals surface area contributed by atoms with E-state index in [0.717, 1.165) is 0 Å². The fourth-order valence-corrected chi connectivity index (χ4v) is 3.83. The number of allylic oxidation sites excluding steroid dienone is 1. The molecule has 0 unspecified atom stereocenters. The molecule has 0 radical (unpaired) electrons. The lowest BCUT2D eigenvalue weighted by Gasteiger charge is -2.32. The molecular formula is C22H21F3O5S. The van der Waals surface area contributed by atoms with Crippen LogP contribution in [0.2, 0.25) is 0 Å². The van der Waals surface area contributed by atoms with E-state index in [0.29, 0.717) is 28.7 Å². The molecule has 0 spiro atoms. The largest absolute Gasteiger partial charge is 0.534 e. The zero-order valence-corrected chi connectivity index (χ0v) is 17.9. The van der Waals surface area contributed by atoms with E-state index >= 15 is 0 Å². The highest BCUT2D eigenvalue weighted by atomic mass is 32.2. The van der Waals surface area contributed by atoms with Gasteiger partial charge in [-0.3, -0.25) is 0 Å². The van der Waals surface area contributed by atoms with Crippen molar-refractivity contribution in [3.63, 3.8) is 0 Å². The molecule has 2 aromatic rings. The van der Waals surface area contributed by atoms with Gasteiger partial charge in [0.2, 0.25) is 0 Å². The highest BCUT2D eigenvalue weighted by Crippen LogP contribution is 2.42. The quantitative estimate of drug-likeness (QED) is 0.343. The number of benzene rings is 2. The Morgan fingerprint density at radius 3 is 2.26 bits per heavy atom. The maximum atomic E-state index is 12.8. The van der Waals surface area contributed by atoms with Crippen molar-refractivity contribution < 1.29 is 35.3 Å². The molecule has 2 aromatic carbocycles. The van der Waals surface area contributed by atoms with E-state index in [-0.39, 0.29) is 17.9 Å². The molecule has 9 heteroatoms. The second-order valence-corrected chi connectivity index (χ2v) is 9.24. The predicted molar refractivity (Wildman–Crippen MR) is 110 cm³/mol. The van der Waals surface area contributed by atoms with E-state index in [1.165, 1.54) is 6.08 Å². The van der Waals surface area contributed by atoms with Crippen LogP contribution in [0.25, 0.3) is 16.9 Å². The van der Waals surface area contributed by atoms with Crippen molar-refractivity contribution in [1.29, 1.82) is 0 Å². The zero-order chi connectivity index (χ0) is 23.0. The minimum Gasteiger partial charge on any atom is -0.462 e. The van der Waals surface area contributed by atoms with Gasteiger partial charge in [-0.2, -0.15) is 21.6 Å². The summed E-state index contributed by atoms with van der Waals surface area (Å²) in [4.78, 5) is 11.8. The molecule has 1 aliphatic carbocycles. The molecule has 0 amide bonds. The summed E-state index contributed by atoms with van der Waals surface area (Å²) in [6, 6.07) is 11.7. The van der Waals surface area contributed by atoms with Crippen molar-refractivity contribution in [2.75, 3.05) is 6.61 Å². The van der Waals surface area contributed by atoms with Gasteiger partial charge in [0.25, 0.3) is 0 Å². The summed E-state index contributed by atoms with van der Waals surface area (Å²) in [5, 5.41) is 0. The van der Waals surface area contributed by atoms with Gasteiger partial charge < -0.3 is 8.92 Å². The lowest BCUT2D eigenvalue weighted by atomic mass is 9.74. The summed E-state index contributed by atoms with van der Waals surface area (Å²) in [7, 11) is -5.80. The number of alkyl halides is 3. The second-order valence-electron chi connectivity index (χ2n) is 7.70.